The lowest BCUT2D eigenvalue weighted by atomic mass is 10.2. The van der Waals surface area contributed by atoms with Gasteiger partial charge in [-0.15, -0.1) is 0 Å². The fourth-order valence-corrected chi connectivity index (χ4v) is 1.06. The van der Waals surface area contributed by atoms with Crippen LogP contribution >= 0.6 is 11.6 Å². The Labute approximate surface area is 85.9 Å². The van der Waals surface area contributed by atoms with Gasteiger partial charge in [0.05, 0.1) is 10.6 Å². The van der Waals surface area contributed by atoms with E-state index in [9.17, 15) is 22.0 Å². The van der Waals surface area contributed by atoms with E-state index in [1.807, 2.05) is 0 Å². The molecule has 0 saturated carbocycles. The maximum Gasteiger partial charge on any atom is 0.418 e. The standard InChI is InChI=1S/C7H4ClF5N2/c8-3-1-2(7(11,12)13)4(5(9)10)15-6(3)14/h1,5H,(H2,14,15). The molecule has 2 N–H and O–H groups in total. The highest BCUT2D eigenvalue weighted by atomic mass is 35.5. The average molecular weight is 247 g/mol. The summed E-state index contributed by atoms with van der Waals surface area (Å²) in [6.07, 6.45) is -8.29. The summed E-state index contributed by atoms with van der Waals surface area (Å²) < 4.78 is 61.2. The van der Waals surface area contributed by atoms with Crippen molar-refractivity contribution in [2.75, 3.05) is 5.73 Å². The summed E-state index contributed by atoms with van der Waals surface area (Å²) in [6, 6.07) is 0.339. The lowest BCUT2D eigenvalue weighted by Gasteiger charge is -2.12. The van der Waals surface area contributed by atoms with Crippen LogP contribution < -0.4 is 5.73 Å². The van der Waals surface area contributed by atoms with E-state index in [1.165, 1.54) is 0 Å². The molecule has 1 rings (SSSR count). The number of hydrogen-bond donors (Lipinski definition) is 1. The third-order valence-corrected chi connectivity index (χ3v) is 1.85. The van der Waals surface area contributed by atoms with Gasteiger partial charge in [0.1, 0.15) is 11.5 Å². The summed E-state index contributed by atoms with van der Waals surface area (Å²) in [5.41, 5.74) is 2.04. The van der Waals surface area contributed by atoms with Gasteiger partial charge in [-0.2, -0.15) is 13.2 Å². The van der Waals surface area contributed by atoms with Crippen molar-refractivity contribution in [2.24, 2.45) is 0 Å². The van der Waals surface area contributed by atoms with Gasteiger partial charge in [-0.05, 0) is 6.07 Å². The van der Waals surface area contributed by atoms with E-state index in [-0.39, 0.29) is 0 Å². The van der Waals surface area contributed by atoms with Crippen LogP contribution in [0.5, 0.6) is 0 Å². The predicted octanol–water partition coefficient (Wildman–Crippen LogP) is 3.27. The van der Waals surface area contributed by atoms with E-state index in [2.05, 4.69) is 4.98 Å². The van der Waals surface area contributed by atoms with Gasteiger partial charge in [0.15, 0.2) is 0 Å². The van der Waals surface area contributed by atoms with E-state index >= 15 is 0 Å². The van der Waals surface area contributed by atoms with Crippen molar-refractivity contribution in [3.8, 4) is 0 Å². The first-order valence-electron chi connectivity index (χ1n) is 3.54. The van der Waals surface area contributed by atoms with Crippen LogP contribution in [0.15, 0.2) is 6.07 Å². The third kappa shape index (κ3) is 2.47. The van der Waals surface area contributed by atoms with E-state index < -0.39 is 34.7 Å². The Balaban J connectivity index is 3.42. The number of halogens is 6. The quantitative estimate of drug-likeness (QED) is 0.773. The summed E-state index contributed by atoms with van der Waals surface area (Å²) in [5, 5.41) is -0.508. The van der Waals surface area contributed by atoms with Crippen LogP contribution in [0.3, 0.4) is 0 Å². The van der Waals surface area contributed by atoms with Crippen LogP contribution in [0.25, 0.3) is 0 Å². The van der Waals surface area contributed by atoms with E-state index in [0.29, 0.717) is 6.07 Å². The molecule has 0 bridgehead atoms. The molecule has 0 aliphatic rings. The molecule has 0 unspecified atom stereocenters. The van der Waals surface area contributed by atoms with Crippen molar-refractivity contribution in [3.63, 3.8) is 0 Å². The minimum atomic E-state index is -4.93. The molecular formula is C7H4ClF5N2. The Bertz CT molecular complexity index is 376. The number of aromatic nitrogens is 1. The average Bonchev–Trinajstić information content (AvgIpc) is 2.06. The number of anilines is 1. The van der Waals surface area contributed by atoms with Crippen molar-refractivity contribution in [3.05, 3.63) is 22.3 Å². The first-order chi connectivity index (χ1) is 6.73. The zero-order valence-electron chi connectivity index (χ0n) is 6.95. The molecule has 0 fully saturated rings. The normalized spacial score (nSPS) is 12.2. The summed E-state index contributed by atoms with van der Waals surface area (Å²) in [4.78, 5) is 2.91. The monoisotopic (exact) mass is 246 g/mol. The smallest absolute Gasteiger partial charge is 0.382 e. The molecule has 0 aromatic carbocycles. The minimum absolute atomic E-state index is 0.339. The highest BCUT2D eigenvalue weighted by molar-refractivity contribution is 6.32. The zero-order chi connectivity index (χ0) is 11.8. The zero-order valence-corrected chi connectivity index (χ0v) is 7.70. The highest BCUT2D eigenvalue weighted by Gasteiger charge is 2.37. The molecule has 0 amide bonds. The summed E-state index contributed by atoms with van der Waals surface area (Å²) in [5.74, 6) is -0.556. The van der Waals surface area contributed by atoms with Crippen LogP contribution in [0.2, 0.25) is 5.02 Å². The van der Waals surface area contributed by atoms with Gasteiger partial charge >= 0.3 is 6.18 Å². The number of nitrogens with zero attached hydrogens (tertiary/aromatic N) is 1. The number of alkyl halides is 5. The van der Waals surface area contributed by atoms with Crippen LogP contribution in [0, 0.1) is 0 Å². The molecule has 0 aliphatic heterocycles. The number of nitrogens with two attached hydrogens (primary N) is 1. The Morgan fingerprint density at radius 2 is 1.87 bits per heavy atom. The van der Waals surface area contributed by atoms with Crippen LogP contribution in [0.4, 0.5) is 27.8 Å². The Kier molecular flexibility index (Phi) is 3.03. The molecule has 1 aromatic heterocycles. The lowest BCUT2D eigenvalue weighted by molar-refractivity contribution is -0.139. The van der Waals surface area contributed by atoms with Gasteiger partial charge in [0, 0.05) is 0 Å². The fourth-order valence-electron chi connectivity index (χ4n) is 0.911. The number of pyridine rings is 1. The third-order valence-electron chi connectivity index (χ3n) is 1.54. The van der Waals surface area contributed by atoms with Crippen molar-refractivity contribution in [1.29, 1.82) is 0 Å². The van der Waals surface area contributed by atoms with E-state index in [1.54, 1.807) is 0 Å². The fraction of sp³-hybridized carbons (Fsp3) is 0.286. The molecule has 1 heterocycles. The van der Waals surface area contributed by atoms with Crippen molar-refractivity contribution >= 4 is 17.4 Å². The topological polar surface area (TPSA) is 38.9 Å². The molecule has 8 heteroatoms. The highest BCUT2D eigenvalue weighted by Crippen LogP contribution is 2.37. The minimum Gasteiger partial charge on any atom is -0.382 e. The molecule has 84 valence electrons. The maximum absolute atomic E-state index is 12.2. The lowest BCUT2D eigenvalue weighted by Crippen LogP contribution is -2.12. The molecule has 0 aliphatic carbocycles. The Morgan fingerprint density at radius 1 is 1.33 bits per heavy atom. The summed E-state index contributed by atoms with van der Waals surface area (Å²) in [6.45, 7) is 0. The van der Waals surface area contributed by atoms with Gasteiger partial charge in [0.2, 0.25) is 0 Å². The summed E-state index contributed by atoms with van der Waals surface area (Å²) >= 11 is 5.26. The van der Waals surface area contributed by atoms with Gasteiger partial charge in [-0.1, -0.05) is 11.6 Å². The van der Waals surface area contributed by atoms with Crippen LogP contribution in [-0.2, 0) is 6.18 Å². The molecule has 0 atom stereocenters. The van der Waals surface area contributed by atoms with E-state index in [4.69, 9.17) is 17.3 Å². The van der Waals surface area contributed by atoms with Gasteiger partial charge in [-0.25, -0.2) is 13.8 Å². The van der Waals surface area contributed by atoms with Crippen LogP contribution in [0.1, 0.15) is 17.7 Å². The first-order valence-corrected chi connectivity index (χ1v) is 3.92. The Morgan fingerprint density at radius 3 is 2.27 bits per heavy atom. The van der Waals surface area contributed by atoms with E-state index in [0.717, 1.165) is 0 Å². The number of nitrogen functional groups attached to an aromatic ring is 1. The molecule has 2 nitrogen and oxygen atoms in total. The van der Waals surface area contributed by atoms with Crippen molar-refractivity contribution in [2.45, 2.75) is 12.6 Å². The Hall–Kier alpha value is -1.11. The summed E-state index contributed by atoms with van der Waals surface area (Å²) in [7, 11) is 0. The molecular weight excluding hydrogens is 243 g/mol. The second kappa shape index (κ2) is 3.80. The molecule has 0 saturated heterocycles. The van der Waals surface area contributed by atoms with Crippen molar-refractivity contribution < 1.29 is 22.0 Å². The van der Waals surface area contributed by atoms with Crippen LogP contribution in [-0.4, -0.2) is 4.98 Å². The van der Waals surface area contributed by atoms with Gasteiger partial charge < -0.3 is 5.73 Å². The molecule has 15 heavy (non-hydrogen) atoms. The number of hydrogen-bond acceptors (Lipinski definition) is 2. The predicted molar refractivity (Wildman–Crippen MR) is 43.6 cm³/mol. The molecule has 0 radical (unpaired) electrons. The second-order valence-corrected chi connectivity index (χ2v) is 2.99. The van der Waals surface area contributed by atoms with Crippen molar-refractivity contribution in [1.82, 2.24) is 4.98 Å². The maximum atomic E-state index is 12.2. The largest absolute Gasteiger partial charge is 0.418 e. The molecule has 1 aromatic rings. The SMILES string of the molecule is Nc1nc(C(F)F)c(C(F)(F)F)cc1Cl. The van der Waals surface area contributed by atoms with Gasteiger partial charge in [-0.3, -0.25) is 0 Å². The van der Waals surface area contributed by atoms with Gasteiger partial charge in [0.25, 0.3) is 6.43 Å². The number of rotatable bonds is 1. The second-order valence-electron chi connectivity index (χ2n) is 2.59. The molecule has 0 spiro atoms. The first kappa shape index (κ1) is 12.0.